The molecule has 2 aromatic carbocycles. The van der Waals surface area contributed by atoms with E-state index in [4.69, 9.17) is 33.2 Å². The lowest BCUT2D eigenvalue weighted by molar-refractivity contribution is -0.274. The lowest BCUT2D eigenvalue weighted by Gasteiger charge is -2.43. The molecule has 1 amide bonds. The molecule has 2 aromatic rings. The van der Waals surface area contributed by atoms with E-state index in [-0.39, 0.29) is 12.5 Å². The van der Waals surface area contributed by atoms with Gasteiger partial charge in [-0.05, 0) is 48.6 Å². The number of carbonyl (C=O) groups excluding carboxylic acids is 5. The number of benzene rings is 2. The van der Waals surface area contributed by atoms with Gasteiger partial charge in [0.1, 0.15) is 31.0 Å². The maximum atomic E-state index is 13.3. The third-order valence-corrected chi connectivity index (χ3v) is 7.61. The van der Waals surface area contributed by atoms with E-state index in [0.717, 1.165) is 43.0 Å². The summed E-state index contributed by atoms with van der Waals surface area (Å²) in [6.07, 6.45) is -6.61. The van der Waals surface area contributed by atoms with Crippen molar-refractivity contribution in [2.24, 2.45) is 5.11 Å². The highest BCUT2D eigenvalue weighted by Crippen LogP contribution is 2.44. The number of rotatable bonds is 12. The van der Waals surface area contributed by atoms with E-state index in [0.29, 0.717) is 0 Å². The van der Waals surface area contributed by atoms with Crippen LogP contribution in [-0.4, -0.2) is 92.1 Å². The van der Waals surface area contributed by atoms with E-state index in [9.17, 15) is 29.5 Å². The highest BCUT2D eigenvalue weighted by atomic mass is 16.7. The van der Waals surface area contributed by atoms with Gasteiger partial charge in [0, 0.05) is 31.6 Å². The predicted molar refractivity (Wildman–Crippen MR) is 173 cm³/mol. The van der Waals surface area contributed by atoms with Gasteiger partial charge in [-0.25, -0.2) is 9.59 Å². The van der Waals surface area contributed by atoms with Crippen LogP contribution in [0.1, 0.15) is 58.6 Å². The van der Waals surface area contributed by atoms with Gasteiger partial charge in [-0.15, -0.1) is 0 Å². The topological polar surface area (TPSA) is 211 Å². The van der Waals surface area contributed by atoms with Crippen molar-refractivity contribution in [2.45, 2.75) is 89.7 Å². The van der Waals surface area contributed by atoms with Crippen molar-refractivity contribution in [1.82, 2.24) is 5.32 Å². The Balaban J connectivity index is 1.54. The fourth-order valence-corrected chi connectivity index (χ4v) is 5.72. The molecule has 6 unspecified atom stereocenters. The monoisotopic (exact) mass is 696 g/mol. The molecule has 2 aliphatic rings. The second kappa shape index (κ2) is 16.5. The number of esters is 4. The summed E-state index contributed by atoms with van der Waals surface area (Å²) < 4.78 is 38.7. The molecule has 0 radical (unpaired) electrons. The molecule has 6 atom stereocenters. The van der Waals surface area contributed by atoms with Gasteiger partial charge >= 0.3 is 30.0 Å². The van der Waals surface area contributed by atoms with Crippen molar-refractivity contribution < 1.29 is 57.1 Å². The minimum absolute atomic E-state index is 0.0358. The van der Waals surface area contributed by atoms with Crippen LogP contribution in [0.4, 0.5) is 4.79 Å². The van der Waals surface area contributed by atoms with Gasteiger partial charge in [0.05, 0.1) is 6.61 Å². The number of ether oxygens (including phenoxy) is 7. The minimum atomic E-state index is -1.56. The summed E-state index contributed by atoms with van der Waals surface area (Å²) in [7, 11) is 0. The second-order valence-corrected chi connectivity index (χ2v) is 12.6. The van der Waals surface area contributed by atoms with E-state index >= 15 is 0 Å². The fourth-order valence-electron chi connectivity index (χ4n) is 5.72. The third-order valence-electron chi connectivity index (χ3n) is 7.61. The average molecular weight is 697 g/mol. The maximum absolute atomic E-state index is 13.3. The van der Waals surface area contributed by atoms with Gasteiger partial charge in [-0.1, -0.05) is 53.6 Å². The summed E-state index contributed by atoms with van der Waals surface area (Å²) in [6, 6.07) is 12.7. The van der Waals surface area contributed by atoms with Crippen LogP contribution in [-0.2, 0) is 52.3 Å². The maximum Gasteiger partial charge on any atom is 0.407 e. The molecule has 1 saturated heterocycles. The first-order valence-electron chi connectivity index (χ1n) is 15.8. The summed E-state index contributed by atoms with van der Waals surface area (Å²) in [6.45, 7) is 7.12. The van der Waals surface area contributed by atoms with Gasteiger partial charge in [0.2, 0.25) is 0 Å². The van der Waals surface area contributed by atoms with Crippen LogP contribution in [0.3, 0.4) is 0 Å². The van der Waals surface area contributed by atoms with E-state index in [2.05, 4.69) is 15.3 Å². The highest BCUT2D eigenvalue weighted by molar-refractivity contribution is 5.82. The Morgan fingerprint density at radius 1 is 0.860 bits per heavy atom. The largest absolute Gasteiger partial charge is 0.463 e. The Morgan fingerprint density at radius 3 is 1.98 bits per heavy atom. The Labute approximate surface area is 288 Å². The van der Waals surface area contributed by atoms with Crippen molar-refractivity contribution >= 4 is 30.0 Å². The number of fused-ring (bicyclic) bond motifs is 3. The van der Waals surface area contributed by atoms with Gasteiger partial charge in [0.15, 0.2) is 24.5 Å². The van der Waals surface area contributed by atoms with Crippen molar-refractivity contribution in [3.63, 3.8) is 0 Å². The molecule has 0 spiro atoms. The second-order valence-electron chi connectivity index (χ2n) is 12.6. The zero-order valence-electron chi connectivity index (χ0n) is 28.5. The van der Waals surface area contributed by atoms with Crippen LogP contribution in [0, 0.1) is 0 Å². The number of nitrogens with one attached hydrogen (secondary N) is 1. The molecule has 1 aliphatic carbocycles. The Bertz CT molecular complexity index is 1590. The number of carbonyl (C=O) groups is 5. The molecule has 1 fully saturated rings. The lowest BCUT2D eigenvalue weighted by atomic mass is 9.96. The standard InChI is InChI=1S/C34H40N4O12/c1-18(39)44-17-27-29(47-19(2)40)30(48-20(3)41)28(37-38-35)32(49-27)45-16-26(31(42)50-34(4,5)6)36-33(43)46-15-25-23-13-9-7-11-21(23)22-12-8-10-14-24(22)25/h7-14,25-30,32H,15-17H2,1-6H3,(H,36,43). The van der Waals surface area contributed by atoms with Gasteiger partial charge in [-0.2, -0.15) is 0 Å². The first-order chi connectivity index (χ1) is 23.7. The molecule has 1 N–H and O–H groups in total. The van der Waals surface area contributed by atoms with Gasteiger partial charge in [0.25, 0.3) is 0 Å². The van der Waals surface area contributed by atoms with E-state index in [1.165, 1.54) is 0 Å². The predicted octanol–water partition coefficient (Wildman–Crippen LogP) is 4.08. The molecule has 268 valence electrons. The summed E-state index contributed by atoms with van der Waals surface area (Å²) in [4.78, 5) is 65.0. The molecular weight excluding hydrogens is 656 g/mol. The fraction of sp³-hybridized carbons (Fsp3) is 0.500. The zero-order valence-corrected chi connectivity index (χ0v) is 28.5. The number of azide groups is 1. The number of hydrogen-bond acceptors (Lipinski definition) is 13. The van der Waals surface area contributed by atoms with E-state index in [1.54, 1.807) is 20.8 Å². The number of alkyl carbamates (subject to hydrolysis) is 1. The quantitative estimate of drug-likeness (QED) is 0.109. The first kappa shape index (κ1) is 37.6. The van der Waals surface area contributed by atoms with E-state index in [1.807, 2.05) is 48.5 Å². The summed E-state index contributed by atoms with van der Waals surface area (Å²) >= 11 is 0. The molecule has 0 saturated carbocycles. The van der Waals surface area contributed by atoms with E-state index < -0.39 is 85.5 Å². The van der Waals surface area contributed by atoms with Crippen molar-refractivity contribution in [3.05, 3.63) is 70.1 Å². The van der Waals surface area contributed by atoms with Crippen LogP contribution < -0.4 is 5.32 Å². The summed E-state index contributed by atoms with van der Waals surface area (Å²) in [5, 5.41) is 6.15. The van der Waals surface area contributed by atoms with Crippen LogP contribution in [0.25, 0.3) is 21.6 Å². The number of hydrogen-bond donors (Lipinski definition) is 1. The van der Waals surface area contributed by atoms with Crippen LogP contribution in [0.5, 0.6) is 0 Å². The van der Waals surface area contributed by atoms with Crippen molar-refractivity contribution in [3.8, 4) is 11.1 Å². The molecule has 1 aliphatic heterocycles. The molecule has 0 aromatic heterocycles. The average Bonchev–Trinajstić information content (AvgIpc) is 3.35. The molecule has 16 heteroatoms. The smallest absolute Gasteiger partial charge is 0.407 e. The van der Waals surface area contributed by atoms with Crippen LogP contribution in [0.2, 0.25) is 0 Å². The number of nitrogens with zero attached hydrogens (tertiary/aromatic N) is 3. The molecular formula is C34H40N4O12. The summed E-state index contributed by atoms with van der Waals surface area (Å²) in [5.74, 6) is -3.43. The molecule has 16 nitrogen and oxygen atoms in total. The third kappa shape index (κ3) is 9.71. The number of amides is 1. The molecule has 1 heterocycles. The Hall–Kier alpha value is -5.18. The van der Waals surface area contributed by atoms with Gasteiger partial charge < -0.3 is 38.5 Å². The molecule has 0 bridgehead atoms. The minimum Gasteiger partial charge on any atom is -0.463 e. The Morgan fingerprint density at radius 2 is 1.44 bits per heavy atom. The SMILES string of the molecule is CC(=O)OCC1OC(OCC(NC(=O)OCC2c3ccccc3-c3ccccc32)C(=O)OC(C)(C)C)C(N=[N+]=[N-])C(OC(C)=O)C1OC(C)=O. The van der Waals surface area contributed by atoms with Crippen LogP contribution >= 0.6 is 0 Å². The lowest BCUT2D eigenvalue weighted by Crippen LogP contribution is -2.61. The van der Waals surface area contributed by atoms with Crippen LogP contribution in [0.15, 0.2) is 53.6 Å². The Kier molecular flexibility index (Phi) is 12.4. The normalized spacial score (nSPS) is 21.7. The molecule has 50 heavy (non-hydrogen) atoms. The van der Waals surface area contributed by atoms with Gasteiger partial charge in [-0.3, -0.25) is 14.4 Å². The molecule has 4 rings (SSSR count). The van der Waals surface area contributed by atoms with Crippen molar-refractivity contribution in [2.75, 3.05) is 19.8 Å². The highest BCUT2D eigenvalue weighted by Gasteiger charge is 2.51. The zero-order chi connectivity index (χ0) is 36.6. The summed E-state index contributed by atoms with van der Waals surface area (Å²) in [5.41, 5.74) is 12.5. The van der Waals surface area contributed by atoms with Crippen molar-refractivity contribution in [1.29, 1.82) is 0 Å². The first-order valence-corrected chi connectivity index (χ1v) is 15.8.